The van der Waals surface area contributed by atoms with Crippen LogP contribution in [0.2, 0.25) is 0 Å². The van der Waals surface area contributed by atoms with E-state index in [-0.39, 0.29) is 18.8 Å². The summed E-state index contributed by atoms with van der Waals surface area (Å²) in [5, 5.41) is 3.04. The number of hydrogen-bond acceptors (Lipinski definition) is 5. The van der Waals surface area contributed by atoms with Gasteiger partial charge in [0.1, 0.15) is 10.8 Å². The molecule has 1 rings (SSSR count). The van der Waals surface area contributed by atoms with Crippen molar-refractivity contribution in [3.8, 4) is 0 Å². The lowest BCUT2D eigenvalue weighted by Crippen LogP contribution is -2.16. The number of carbonyl (C=O) groups is 3. The lowest BCUT2D eigenvalue weighted by atomic mass is 10.2. The van der Waals surface area contributed by atoms with Crippen LogP contribution in [-0.2, 0) is 20.7 Å². The van der Waals surface area contributed by atoms with Gasteiger partial charge in [-0.1, -0.05) is 6.92 Å². The summed E-state index contributed by atoms with van der Waals surface area (Å²) in [5.41, 5.74) is 0.348. The fourth-order valence-corrected chi connectivity index (χ4v) is 2.47. The third-order valence-electron chi connectivity index (χ3n) is 2.29. The van der Waals surface area contributed by atoms with E-state index in [1.807, 2.05) is 6.92 Å². The Balaban J connectivity index is 2.91. The first kappa shape index (κ1) is 15.4. The van der Waals surface area contributed by atoms with Crippen molar-refractivity contribution in [1.29, 1.82) is 0 Å². The molecular weight excluding hydrogens is 266 g/mol. The molecule has 0 aromatic carbocycles. The van der Waals surface area contributed by atoms with Crippen molar-refractivity contribution in [2.45, 2.75) is 33.6 Å². The monoisotopic (exact) mass is 283 g/mol. The van der Waals surface area contributed by atoms with Gasteiger partial charge in [-0.25, -0.2) is 4.79 Å². The zero-order valence-corrected chi connectivity index (χ0v) is 12.1. The summed E-state index contributed by atoms with van der Waals surface area (Å²) in [6.07, 6.45) is 0.571. The highest BCUT2D eigenvalue weighted by molar-refractivity contribution is 7.16. The molecule has 5 nitrogen and oxygen atoms in total. The summed E-state index contributed by atoms with van der Waals surface area (Å²) in [5.74, 6) is -1.10. The first-order valence-corrected chi connectivity index (χ1v) is 6.88. The highest BCUT2D eigenvalue weighted by Gasteiger charge is 2.18. The minimum atomic E-state index is -0.462. The average molecular weight is 283 g/mol. The second-order valence-corrected chi connectivity index (χ2v) is 5.09. The minimum absolute atomic E-state index is 0.193. The van der Waals surface area contributed by atoms with Crippen LogP contribution in [0.4, 0.5) is 5.00 Å². The molecule has 0 bridgehead atoms. The average Bonchev–Trinajstić information content (AvgIpc) is 2.71. The number of ether oxygens (including phenoxy) is 1. The normalized spacial score (nSPS) is 10.1. The van der Waals surface area contributed by atoms with Gasteiger partial charge in [0.15, 0.2) is 0 Å². The van der Waals surface area contributed by atoms with Crippen LogP contribution in [0.5, 0.6) is 0 Å². The molecule has 0 aliphatic heterocycles. The van der Waals surface area contributed by atoms with E-state index in [9.17, 15) is 14.4 Å². The van der Waals surface area contributed by atoms with Crippen LogP contribution in [0, 0.1) is 0 Å². The van der Waals surface area contributed by atoms with Gasteiger partial charge in [-0.15, -0.1) is 11.3 Å². The van der Waals surface area contributed by atoms with E-state index >= 15 is 0 Å². The van der Waals surface area contributed by atoms with Crippen LogP contribution in [0.1, 0.15) is 42.4 Å². The lowest BCUT2D eigenvalue weighted by molar-refractivity contribution is -0.124. The van der Waals surface area contributed by atoms with E-state index in [1.165, 1.54) is 18.3 Å². The lowest BCUT2D eigenvalue weighted by Gasteiger charge is -2.04. The third-order valence-corrected chi connectivity index (χ3v) is 3.48. The Kier molecular flexibility index (Phi) is 5.69. The van der Waals surface area contributed by atoms with E-state index in [4.69, 9.17) is 4.74 Å². The van der Waals surface area contributed by atoms with Crippen LogP contribution in [0.25, 0.3) is 0 Å². The second kappa shape index (κ2) is 7.04. The zero-order valence-electron chi connectivity index (χ0n) is 11.2. The van der Waals surface area contributed by atoms with Gasteiger partial charge in [0, 0.05) is 4.88 Å². The molecule has 0 spiro atoms. The predicted octanol–water partition coefficient (Wildman–Crippen LogP) is 2.40. The molecule has 0 aliphatic carbocycles. The Hall–Kier alpha value is -1.69. The number of ketones is 1. The first-order valence-electron chi connectivity index (χ1n) is 6.07. The van der Waals surface area contributed by atoms with Crippen LogP contribution in [0.15, 0.2) is 6.07 Å². The molecule has 0 atom stereocenters. The molecule has 6 heteroatoms. The molecule has 0 aliphatic rings. The summed E-state index contributed by atoms with van der Waals surface area (Å²) in [7, 11) is 0. The van der Waals surface area contributed by atoms with Crippen LogP contribution >= 0.6 is 11.3 Å². The summed E-state index contributed by atoms with van der Waals surface area (Å²) >= 11 is 1.33. The Morgan fingerprint density at radius 2 is 2.00 bits per heavy atom. The molecule has 104 valence electrons. The Morgan fingerprint density at radius 1 is 1.32 bits per heavy atom. The van der Waals surface area contributed by atoms with Crippen LogP contribution in [-0.4, -0.2) is 24.3 Å². The van der Waals surface area contributed by atoms with Gasteiger partial charge in [-0.3, -0.25) is 9.59 Å². The van der Waals surface area contributed by atoms with E-state index in [0.717, 1.165) is 11.3 Å². The summed E-state index contributed by atoms with van der Waals surface area (Å²) in [6, 6.07) is 1.71. The molecule has 0 unspecified atom stereocenters. The van der Waals surface area contributed by atoms with E-state index in [1.54, 1.807) is 13.0 Å². The number of thiophene rings is 1. The molecule has 0 fully saturated rings. The number of carbonyl (C=O) groups excluding carboxylic acids is 3. The Morgan fingerprint density at radius 3 is 2.53 bits per heavy atom. The number of Topliss-reactive ketones (excluding diaryl/α,β-unsaturated/α-hetero) is 1. The van der Waals surface area contributed by atoms with Crippen molar-refractivity contribution in [2.75, 3.05) is 11.9 Å². The van der Waals surface area contributed by atoms with Gasteiger partial charge in [0.2, 0.25) is 5.91 Å². The number of aryl methyl sites for hydroxylation is 1. The standard InChI is InChI=1S/C13H17NO4S/c1-4-9-7-10(13(17)18-5-2)12(19-9)14-11(16)6-8(3)15/h7H,4-6H2,1-3H3,(H,14,16). The SMILES string of the molecule is CCOC(=O)c1cc(CC)sc1NC(=O)CC(C)=O. The quantitative estimate of drug-likeness (QED) is 0.642. The van der Waals surface area contributed by atoms with E-state index in [2.05, 4.69) is 5.32 Å². The molecule has 1 aromatic rings. The van der Waals surface area contributed by atoms with Crippen molar-refractivity contribution in [3.05, 3.63) is 16.5 Å². The summed E-state index contributed by atoms with van der Waals surface area (Å²) < 4.78 is 4.94. The highest BCUT2D eigenvalue weighted by atomic mass is 32.1. The van der Waals surface area contributed by atoms with Gasteiger partial charge in [0.25, 0.3) is 0 Å². The van der Waals surface area contributed by atoms with Gasteiger partial charge < -0.3 is 10.1 Å². The number of hydrogen-bond donors (Lipinski definition) is 1. The Labute approximate surface area is 116 Å². The number of esters is 1. The van der Waals surface area contributed by atoms with Crippen molar-refractivity contribution < 1.29 is 19.1 Å². The first-order chi connectivity index (χ1) is 8.97. The molecule has 1 aromatic heterocycles. The maximum atomic E-state index is 11.8. The smallest absolute Gasteiger partial charge is 0.341 e. The molecular formula is C13H17NO4S. The molecule has 1 heterocycles. The topological polar surface area (TPSA) is 72.5 Å². The molecule has 0 saturated heterocycles. The second-order valence-electron chi connectivity index (χ2n) is 3.96. The van der Waals surface area contributed by atoms with Crippen LogP contribution < -0.4 is 5.32 Å². The van der Waals surface area contributed by atoms with Crippen molar-refractivity contribution in [3.63, 3.8) is 0 Å². The summed E-state index contributed by atoms with van der Waals surface area (Å²) in [4.78, 5) is 35.2. The maximum absolute atomic E-state index is 11.8. The maximum Gasteiger partial charge on any atom is 0.341 e. The molecule has 0 saturated carbocycles. The van der Waals surface area contributed by atoms with Crippen molar-refractivity contribution in [2.24, 2.45) is 0 Å². The van der Waals surface area contributed by atoms with Gasteiger partial charge in [0.05, 0.1) is 18.6 Å². The van der Waals surface area contributed by atoms with Crippen molar-refractivity contribution >= 4 is 34.0 Å². The fraction of sp³-hybridized carbons (Fsp3) is 0.462. The zero-order chi connectivity index (χ0) is 14.4. The number of anilines is 1. The largest absolute Gasteiger partial charge is 0.462 e. The number of rotatable bonds is 6. The van der Waals surface area contributed by atoms with E-state index < -0.39 is 11.9 Å². The van der Waals surface area contributed by atoms with Gasteiger partial charge in [-0.2, -0.15) is 0 Å². The predicted molar refractivity (Wildman–Crippen MR) is 73.6 cm³/mol. The fourth-order valence-electron chi connectivity index (χ4n) is 1.47. The minimum Gasteiger partial charge on any atom is -0.462 e. The molecule has 1 amide bonds. The molecule has 1 N–H and O–H groups in total. The van der Waals surface area contributed by atoms with E-state index in [0.29, 0.717) is 10.6 Å². The Bertz CT molecular complexity index is 493. The molecule has 0 radical (unpaired) electrons. The van der Waals surface area contributed by atoms with Gasteiger partial charge >= 0.3 is 5.97 Å². The molecule has 19 heavy (non-hydrogen) atoms. The third kappa shape index (κ3) is 4.48. The highest BCUT2D eigenvalue weighted by Crippen LogP contribution is 2.29. The summed E-state index contributed by atoms with van der Waals surface area (Å²) in [6.45, 7) is 5.30. The number of nitrogens with one attached hydrogen (secondary N) is 1. The van der Waals surface area contributed by atoms with Crippen molar-refractivity contribution in [1.82, 2.24) is 0 Å². The van der Waals surface area contributed by atoms with Gasteiger partial charge in [-0.05, 0) is 26.3 Å². The number of amides is 1. The van der Waals surface area contributed by atoms with Crippen LogP contribution in [0.3, 0.4) is 0 Å².